The minimum atomic E-state index is -0.0697. The smallest absolute Gasteiger partial charge is 0.246 e. The molecule has 0 spiro atoms. The molecule has 0 fully saturated rings. The van der Waals surface area contributed by atoms with Crippen LogP contribution < -0.4 is 4.74 Å². The van der Waals surface area contributed by atoms with Crippen molar-refractivity contribution in [3.8, 4) is 11.8 Å². The van der Waals surface area contributed by atoms with Gasteiger partial charge in [0.15, 0.2) is 16.2 Å². The summed E-state index contributed by atoms with van der Waals surface area (Å²) in [6, 6.07) is 0. The molecule has 8 heteroatoms. The molecular formula is C12H14N4O3S. The fourth-order valence-electron chi connectivity index (χ4n) is 1.55. The van der Waals surface area contributed by atoms with Gasteiger partial charge in [0.2, 0.25) is 11.8 Å². The second-order valence-electron chi connectivity index (χ2n) is 4.01. The highest BCUT2D eigenvalue weighted by Crippen LogP contribution is 2.30. The summed E-state index contributed by atoms with van der Waals surface area (Å²) in [6.45, 7) is 2.56. The van der Waals surface area contributed by atoms with Crippen molar-refractivity contribution in [1.82, 2.24) is 19.7 Å². The maximum atomic E-state index is 10.3. The second kappa shape index (κ2) is 6.40. The molecule has 2 rings (SSSR count). The molecule has 0 aliphatic carbocycles. The van der Waals surface area contributed by atoms with E-state index in [1.54, 1.807) is 13.0 Å². The molecular weight excluding hydrogens is 280 g/mol. The molecule has 1 N–H and O–H groups in total. The Balaban J connectivity index is 2.45. The number of thioether (sulfide) groups is 1. The largest absolute Gasteiger partial charge is 0.492 e. The SMILES string of the molecule is CCCCOc1nc(SC=C=O)nc2c(O)n(C)nc12. The Bertz CT molecular complexity index is 664. The van der Waals surface area contributed by atoms with Crippen LogP contribution in [0.1, 0.15) is 19.8 Å². The van der Waals surface area contributed by atoms with Gasteiger partial charge in [0.1, 0.15) is 5.94 Å². The van der Waals surface area contributed by atoms with E-state index in [9.17, 15) is 9.90 Å². The second-order valence-corrected chi connectivity index (χ2v) is 4.85. The Morgan fingerprint density at radius 3 is 2.95 bits per heavy atom. The van der Waals surface area contributed by atoms with Crippen LogP contribution in [0.5, 0.6) is 11.8 Å². The third-order valence-electron chi connectivity index (χ3n) is 2.55. The van der Waals surface area contributed by atoms with Crippen LogP contribution in [0.25, 0.3) is 11.0 Å². The minimum absolute atomic E-state index is 0.0697. The number of rotatable bonds is 6. The predicted octanol–water partition coefficient (Wildman–Crippen LogP) is 1.69. The molecule has 2 aromatic heterocycles. The molecule has 0 bridgehead atoms. The third kappa shape index (κ3) is 2.92. The lowest BCUT2D eigenvalue weighted by Crippen LogP contribution is -2.01. The first-order valence-electron chi connectivity index (χ1n) is 6.09. The number of ether oxygens (including phenoxy) is 1. The summed E-state index contributed by atoms with van der Waals surface area (Å²) in [5.41, 5.74) is 0.705. The standard InChI is InChI=1S/C12H14N4O3S/c1-3-4-6-19-10-8-9(11(18)16(2)15-8)13-12(14-10)20-7-5-17/h7,18H,3-4,6H2,1-2H3. The van der Waals surface area contributed by atoms with Gasteiger partial charge < -0.3 is 9.84 Å². The van der Waals surface area contributed by atoms with Gasteiger partial charge in [-0.15, -0.1) is 0 Å². The average molecular weight is 294 g/mol. The summed E-state index contributed by atoms with van der Waals surface area (Å²) in [4.78, 5) is 18.6. The molecule has 0 saturated carbocycles. The summed E-state index contributed by atoms with van der Waals surface area (Å²) in [6.07, 6.45) is 1.89. The number of hydrogen-bond acceptors (Lipinski definition) is 7. The third-order valence-corrected chi connectivity index (χ3v) is 3.16. The van der Waals surface area contributed by atoms with Crippen LogP contribution in [0.4, 0.5) is 0 Å². The zero-order valence-electron chi connectivity index (χ0n) is 11.2. The average Bonchev–Trinajstić information content (AvgIpc) is 2.73. The maximum Gasteiger partial charge on any atom is 0.246 e. The van der Waals surface area contributed by atoms with Crippen LogP contribution in [-0.2, 0) is 11.8 Å². The van der Waals surface area contributed by atoms with Crippen molar-refractivity contribution >= 4 is 28.7 Å². The van der Waals surface area contributed by atoms with Crippen molar-refractivity contribution in [2.75, 3.05) is 6.61 Å². The maximum absolute atomic E-state index is 10.3. The number of hydrogen-bond donors (Lipinski definition) is 1. The number of fused-ring (bicyclic) bond motifs is 1. The molecule has 0 aromatic carbocycles. The summed E-state index contributed by atoms with van der Waals surface area (Å²) in [5.74, 6) is 1.88. The van der Waals surface area contributed by atoms with Gasteiger partial charge in [0, 0.05) is 7.05 Å². The number of carbonyl (C=O) groups excluding carboxylic acids is 1. The van der Waals surface area contributed by atoms with Crippen molar-refractivity contribution < 1.29 is 14.6 Å². The van der Waals surface area contributed by atoms with Gasteiger partial charge in [0.05, 0.1) is 12.0 Å². The van der Waals surface area contributed by atoms with Gasteiger partial charge in [-0.05, 0) is 18.2 Å². The van der Waals surface area contributed by atoms with E-state index in [-0.39, 0.29) is 5.88 Å². The summed E-state index contributed by atoms with van der Waals surface area (Å²) in [5, 5.41) is 15.5. The first-order valence-corrected chi connectivity index (χ1v) is 6.97. The van der Waals surface area contributed by atoms with E-state index in [4.69, 9.17) is 4.74 Å². The van der Waals surface area contributed by atoms with Crippen LogP contribution in [0.15, 0.2) is 10.6 Å². The van der Waals surface area contributed by atoms with Gasteiger partial charge in [-0.3, -0.25) is 0 Å². The molecule has 0 radical (unpaired) electrons. The van der Waals surface area contributed by atoms with Gasteiger partial charge in [-0.1, -0.05) is 13.3 Å². The Morgan fingerprint density at radius 2 is 2.25 bits per heavy atom. The number of aryl methyl sites for hydroxylation is 1. The van der Waals surface area contributed by atoms with E-state index >= 15 is 0 Å². The molecule has 0 aliphatic rings. The fraction of sp³-hybridized carbons (Fsp3) is 0.417. The number of aromatic nitrogens is 4. The highest BCUT2D eigenvalue weighted by Gasteiger charge is 2.17. The van der Waals surface area contributed by atoms with Gasteiger partial charge >= 0.3 is 0 Å². The summed E-state index contributed by atoms with van der Waals surface area (Å²) in [7, 11) is 1.60. The highest BCUT2D eigenvalue weighted by molar-refractivity contribution is 8.02. The van der Waals surface area contributed by atoms with Crippen LogP contribution in [0, 0.1) is 0 Å². The molecule has 2 aromatic rings. The molecule has 0 unspecified atom stereocenters. The zero-order valence-corrected chi connectivity index (χ0v) is 12.0. The van der Waals surface area contributed by atoms with E-state index in [0.29, 0.717) is 28.7 Å². The van der Waals surface area contributed by atoms with Gasteiger partial charge in [0.25, 0.3) is 0 Å². The number of unbranched alkanes of at least 4 members (excludes halogenated alkanes) is 1. The predicted molar refractivity (Wildman–Crippen MR) is 74.5 cm³/mol. The van der Waals surface area contributed by atoms with Gasteiger partial charge in [-0.2, -0.15) is 10.1 Å². The lowest BCUT2D eigenvalue weighted by atomic mass is 10.4. The lowest BCUT2D eigenvalue weighted by Gasteiger charge is -2.05. The molecule has 0 amide bonds. The van der Waals surface area contributed by atoms with E-state index in [1.165, 1.54) is 10.1 Å². The van der Waals surface area contributed by atoms with Gasteiger partial charge in [-0.25, -0.2) is 14.5 Å². The van der Waals surface area contributed by atoms with Crippen LogP contribution >= 0.6 is 11.8 Å². The first-order chi connectivity index (χ1) is 9.67. The Hall–Kier alpha value is -2.05. The lowest BCUT2D eigenvalue weighted by molar-refractivity contribution is 0.298. The van der Waals surface area contributed by atoms with Crippen molar-refractivity contribution in [3.05, 3.63) is 5.41 Å². The number of nitrogens with zero attached hydrogens (tertiary/aromatic N) is 4. The molecule has 2 heterocycles. The van der Waals surface area contributed by atoms with Crippen molar-refractivity contribution in [1.29, 1.82) is 0 Å². The van der Waals surface area contributed by atoms with Crippen LogP contribution in [0.3, 0.4) is 0 Å². The summed E-state index contributed by atoms with van der Waals surface area (Å²) >= 11 is 1.01. The monoisotopic (exact) mass is 294 g/mol. The quantitative estimate of drug-likeness (QED) is 0.375. The van der Waals surface area contributed by atoms with Crippen molar-refractivity contribution in [3.63, 3.8) is 0 Å². The topological polar surface area (TPSA) is 90.1 Å². The van der Waals surface area contributed by atoms with Crippen molar-refractivity contribution in [2.24, 2.45) is 7.05 Å². The van der Waals surface area contributed by atoms with E-state index in [0.717, 1.165) is 24.6 Å². The molecule has 0 atom stereocenters. The van der Waals surface area contributed by atoms with E-state index in [2.05, 4.69) is 22.0 Å². The van der Waals surface area contributed by atoms with Crippen molar-refractivity contribution in [2.45, 2.75) is 24.9 Å². The van der Waals surface area contributed by atoms with E-state index in [1.807, 2.05) is 0 Å². The molecule has 0 saturated heterocycles. The van der Waals surface area contributed by atoms with Crippen LogP contribution in [-0.4, -0.2) is 37.4 Å². The van der Waals surface area contributed by atoms with Crippen LogP contribution in [0.2, 0.25) is 0 Å². The Labute approximate surface area is 119 Å². The molecule has 7 nitrogen and oxygen atoms in total. The Kier molecular flexibility index (Phi) is 4.60. The fourth-order valence-corrected chi connectivity index (χ4v) is 1.99. The molecule has 0 aliphatic heterocycles. The normalized spacial score (nSPS) is 10.5. The molecule has 106 valence electrons. The zero-order chi connectivity index (χ0) is 14.5. The highest BCUT2D eigenvalue weighted by atomic mass is 32.2. The first kappa shape index (κ1) is 14.4. The number of aromatic hydroxyl groups is 1. The Morgan fingerprint density at radius 1 is 1.45 bits per heavy atom. The summed E-state index contributed by atoms with van der Waals surface area (Å²) < 4.78 is 6.89. The molecule has 20 heavy (non-hydrogen) atoms. The van der Waals surface area contributed by atoms with E-state index < -0.39 is 0 Å². The minimum Gasteiger partial charge on any atom is -0.492 e.